The van der Waals surface area contributed by atoms with Crippen molar-refractivity contribution in [2.24, 2.45) is 5.92 Å². The lowest BCUT2D eigenvalue weighted by molar-refractivity contribution is -0.149. The van der Waals surface area contributed by atoms with Gasteiger partial charge in [0.1, 0.15) is 24.4 Å². The van der Waals surface area contributed by atoms with Gasteiger partial charge in [0.05, 0.1) is 6.61 Å². The summed E-state index contributed by atoms with van der Waals surface area (Å²) in [5.41, 5.74) is -1.52. The van der Waals surface area contributed by atoms with Crippen molar-refractivity contribution in [2.45, 2.75) is 39.7 Å². The summed E-state index contributed by atoms with van der Waals surface area (Å²) in [6, 6.07) is 0. The summed E-state index contributed by atoms with van der Waals surface area (Å²) in [6.45, 7) is 6.01. The average molecular weight is 356 g/mol. The van der Waals surface area contributed by atoms with Crippen LogP contribution in [0.3, 0.4) is 0 Å². The molecule has 0 saturated carbocycles. The SMILES string of the molecule is CC(C)COC(=O)CNC(=O)C1=C(O)CC(C)(C)N(CC(=O)O)C1=O. The van der Waals surface area contributed by atoms with Gasteiger partial charge in [0.2, 0.25) is 0 Å². The van der Waals surface area contributed by atoms with E-state index in [1.165, 1.54) is 0 Å². The molecule has 0 fully saturated rings. The molecule has 0 bridgehead atoms. The van der Waals surface area contributed by atoms with E-state index in [0.717, 1.165) is 4.90 Å². The molecule has 1 heterocycles. The maximum Gasteiger partial charge on any atom is 0.325 e. The molecule has 1 aliphatic heterocycles. The molecule has 140 valence electrons. The van der Waals surface area contributed by atoms with Gasteiger partial charge in [0.15, 0.2) is 0 Å². The molecule has 0 aromatic carbocycles. The first kappa shape index (κ1) is 20.5. The number of hydrogen-bond donors (Lipinski definition) is 3. The lowest BCUT2D eigenvalue weighted by Crippen LogP contribution is -2.55. The zero-order valence-corrected chi connectivity index (χ0v) is 14.8. The molecule has 1 aliphatic rings. The molecule has 0 saturated heterocycles. The minimum absolute atomic E-state index is 0.0768. The second-order valence-electron chi connectivity index (χ2n) is 6.86. The smallest absolute Gasteiger partial charge is 0.325 e. The van der Waals surface area contributed by atoms with Gasteiger partial charge in [-0.1, -0.05) is 13.8 Å². The molecule has 0 aromatic rings. The van der Waals surface area contributed by atoms with E-state index in [0.29, 0.717) is 0 Å². The van der Waals surface area contributed by atoms with E-state index in [1.807, 2.05) is 13.8 Å². The van der Waals surface area contributed by atoms with Crippen LogP contribution in [0.25, 0.3) is 0 Å². The van der Waals surface area contributed by atoms with Crippen LogP contribution in [0.2, 0.25) is 0 Å². The van der Waals surface area contributed by atoms with Gasteiger partial charge < -0.3 is 25.2 Å². The number of carbonyl (C=O) groups is 4. The van der Waals surface area contributed by atoms with E-state index in [1.54, 1.807) is 13.8 Å². The summed E-state index contributed by atoms with van der Waals surface area (Å²) in [6.07, 6.45) is -0.0768. The number of esters is 1. The first-order chi connectivity index (χ1) is 11.5. The number of hydrogen-bond acceptors (Lipinski definition) is 6. The summed E-state index contributed by atoms with van der Waals surface area (Å²) >= 11 is 0. The second kappa shape index (κ2) is 8.00. The molecule has 1 rings (SSSR count). The normalized spacial score (nSPS) is 16.8. The van der Waals surface area contributed by atoms with Crippen molar-refractivity contribution < 1.29 is 34.1 Å². The standard InChI is InChI=1S/C16H24N2O7/c1-9(2)8-25-12(22)6-17-14(23)13-10(19)5-16(3,4)18(15(13)24)7-11(20)21/h9,19H,5-8H2,1-4H3,(H,17,23)(H,20,21). The number of carboxylic acid groups (broad SMARTS) is 1. The fourth-order valence-corrected chi connectivity index (χ4v) is 2.33. The molecule has 0 atom stereocenters. The van der Waals surface area contributed by atoms with Crippen molar-refractivity contribution in [2.75, 3.05) is 19.7 Å². The Morgan fingerprint density at radius 3 is 2.44 bits per heavy atom. The number of aliphatic carboxylic acids is 1. The van der Waals surface area contributed by atoms with E-state index in [9.17, 15) is 24.3 Å². The van der Waals surface area contributed by atoms with Crippen molar-refractivity contribution in [1.29, 1.82) is 0 Å². The second-order valence-corrected chi connectivity index (χ2v) is 6.86. The Kier molecular flexibility index (Phi) is 6.55. The van der Waals surface area contributed by atoms with Gasteiger partial charge in [-0.15, -0.1) is 0 Å². The number of carbonyl (C=O) groups excluding carboxylic acids is 3. The van der Waals surface area contributed by atoms with E-state index < -0.39 is 53.7 Å². The number of rotatable bonds is 7. The number of nitrogens with zero attached hydrogens (tertiary/aromatic N) is 1. The molecular weight excluding hydrogens is 332 g/mol. The fourth-order valence-electron chi connectivity index (χ4n) is 2.33. The van der Waals surface area contributed by atoms with Crippen LogP contribution < -0.4 is 5.32 Å². The lowest BCUT2D eigenvalue weighted by Gasteiger charge is -2.41. The Balaban J connectivity index is 2.84. The highest BCUT2D eigenvalue weighted by atomic mass is 16.5. The highest BCUT2D eigenvalue weighted by Gasteiger charge is 2.43. The van der Waals surface area contributed by atoms with Gasteiger partial charge in [-0.3, -0.25) is 19.2 Å². The number of aliphatic hydroxyl groups is 1. The van der Waals surface area contributed by atoms with Crippen LogP contribution in [0.15, 0.2) is 11.3 Å². The molecule has 9 nitrogen and oxygen atoms in total. The molecule has 3 N–H and O–H groups in total. The summed E-state index contributed by atoms with van der Waals surface area (Å²) in [4.78, 5) is 48.1. The van der Waals surface area contributed by atoms with Gasteiger partial charge in [-0.05, 0) is 19.8 Å². The van der Waals surface area contributed by atoms with E-state index in [4.69, 9.17) is 9.84 Å². The van der Waals surface area contributed by atoms with Gasteiger partial charge in [-0.2, -0.15) is 0 Å². The first-order valence-corrected chi connectivity index (χ1v) is 7.85. The molecule has 0 unspecified atom stereocenters. The van der Waals surface area contributed by atoms with Gasteiger partial charge in [0, 0.05) is 12.0 Å². The minimum Gasteiger partial charge on any atom is -0.511 e. The summed E-state index contributed by atoms with van der Waals surface area (Å²) in [5.74, 6) is -4.06. The molecule has 0 spiro atoms. The van der Waals surface area contributed by atoms with E-state index >= 15 is 0 Å². The van der Waals surface area contributed by atoms with Crippen molar-refractivity contribution in [3.8, 4) is 0 Å². The fraction of sp³-hybridized carbons (Fsp3) is 0.625. The topological polar surface area (TPSA) is 133 Å². The number of aliphatic hydroxyl groups excluding tert-OH is 1. The van der Waals surface area contributed by atoms with Crippen LogP contribution in [0.4, 0.5) is 0 Å². The zero-order valence-electron chi connectivity index (χ0n) is 14.8. The number of ether oxygens (including phenoxy) is 1. The summed E-state index contributed by atoms with van der Waals surface area (Å²) in [5, 5.41) is 21.2. The van der Waals surface area contributed by atoms with E-state index in [2.05, 4.69) is 5.32 Å². The van der Waals surface area contributed by atoms with Gasteiger partial charge in [0.25, 0.3) is 11.8 Å². The predicted octanol–water partition coefficient (Wildman–Crippen LogP) is 0.209. The highest BCUT2D eigenvalue weighted by molar-refractivity contribution is 6.20. The summed E-state index contributed by atoms with van der Waals surface area (Å²) in [7, 11) is 0. The quantitative estimate of drug-likeness (QED) is 0.438. The van der Waals surface area contributed by atoms with Crippen LogP contribution in [-0.4, -0.2) is 64.1 Å². The zero-order chi connectivity index (χ0) is 19.4. The highest BCUT2D eigenvalue weighted by Crippen LogP contribution is 2.31. The molecule has 2 amide bonds. The number of amides is 2. The van der Waals surface area contributed by atoms with E-state index in [-0.39, 0.29) is 18.9 Å². The average Bonchev–Trinajstić information content (AvgIpc) is 2.46. The molecule has 0 aromatic heterocycles. The van der Waals surface area contributed by atoms with Crippen molar-refractivity contribution in [1.82, 2.24) is 10.2 Å². The molecule has 9 heteroatoms. The van der Waals surface area contributed by atoms with Crippen LogP contribution >= 0.6 is 0 Å². The predicted molar refractivity (Wildman–Crippen MR) is 86.5 cm³/mol. The Morgan fingerprint density at radius 2 is 1.92 bits per heavy atom. The van der Waals surface area contributed by atoms with Crippen molar-refractivity contribution >= 4 is 23.8 Å². The van der Waals surface area contributed by atoms with Gasteiger partial charge in [-0.25, -0.2) is 0 Å². The molecule has 0 aliphatic carbocycles. The first-order valence-electron chi connectivity index (χ1n) is 7.85. The molecular formula is C16H24N2O7. The number of carboxylic acids is 1. The van der Waals surface area contributed by atoms with Crippen molar-refractivity contribution in [3.05, 3.63) is 11.3 Å². The Labute approximate surface area is 145 Å². The Bertz CT molecular complexity index is 608. The maximum absolute atomic E-state index is 12.5. The maximum atomic E-state index is 12.5. The van der Waals surface area contributed by atoms with Crippen LogP contribution in [-0.2, 0) is 23.9 Å². The molecule has 0 radical (unpaired) electrons. The molecule has 25 heavy (non-hydrogen) atoms. The third-order valence-corrected chi connectivity index (χ3v) is 3.57. The van der Waals surface area contributed by atoms with Crippen LogP contribution in [0.5, 0.6) is 0 Å². The largest absolute Gasteiger partial charge is 0.511 e. The van der Waals surface area contributed by atoms with Crippen molar-refractivity contribution in [3.63, 3.8) is 0 Å². The third-order valence-electron chi connectivity index (χ3n) is 3.57. The monoisotopic (exact) mass is 356 g/mol. The van der Waals surface area contributed by atoms with Gasteiger partial charge >= 0.3 is 11.9 Å². The Hall–Kier alpha value is -2.58. The third kappa shape index (κ3) is 5.47. The Morgan fingerprint density at radius 1 is 1.32 bits per heavy atom. The minimum atomic E-state index is -1.24. The van der Waals surface area contributed by atoms with Crippen LogP contribution in [0.1, 0.15) is 34.1 Å². The summed E-state index contributed by atoms with van der Waals surface area (Å²) < 4.78 is 4.90. The lowest BCUT2D eigenvalue weighted by atomic mass is 9.89. The van der Waals surface area contributed by atoms with Crippen LogP contribution in [0, 0.1) is 5.92 Å². The number of nitrogens with one attached hydrogen (secondary N) is 1.